The van der Waals surface area contributed by atoms with Crippen LogP contribution >= 0.6 is 0 Å². The molecule has 0 saturated heterocycles. The van der Waals surface area contributed by atoms with E-state index in [9.17, 15) is 18.9 Å². The van der Waals surface area contributed by atoms with Crippen molar-refractivity contribution in [2.45, 2.75) is 19.9 Å². The molecule has 0 aliphatic heterocycles. The lowest BCUT2D eigenvalue weighted by Crippen LogP contribution is -2.03. The zero-order valence-electron chi connectivity index (χ0n) is 11.3. The third-order valence-electron chi connectivity index (χ3n) is 3.19. The highest BCUT2D eigenvalue weighted by Gasteiger charge is 2.13. The van der Waals surface area contributed by atoms with Gasteiger partial charge in [0.25, 0.3) is 12.1 Å². The Morgan fingerprint density at radius 1 is 1.24 bits per heavy atom. The normalized spacial score (nSPS) is 10.7. The molecule has 110 valence electrons. The van der Waals surface area contributed by atoms with Gasteiger partial charge in [-0.25, -0.2) is 8.78 Å². The third kappa shape index (κ3) is 3.53. The van der Waals surface area contributed by atoms with E-state index < -0.39 is 11.3 Å². The Kier molecular flexibility index (Phi) is 4.47. The molecular weight excluding hydrogens is 278 g/mol. The van der Waals surface area contributed by atoms with Crippen molar-refractivity contribution < 1.29 is 13.7 Å². The van der Waals surface area contributed by atoms with Crippen LogP contribution in [0.25, 0.3) is 0 Å². The van der Waals surface area contributed by atoms with Crippen LogP contribution in [0.15, 0.2) is 42.5 Å². The van der Waals surface area contributed by atoms with Crippen molar-refractivity contribution in [3.63, 3.8) is 0 Å². The predicted molar refractivity (Wildman–Crippen MR) is 76.6 cm³/mol. The number of anilines is 1. The van der Waals surface area contributed by atoms with Crippen molar-refractivity contribution in [1.82, 2.24) is 0 Å². The quantitative estimate of drug-likeness (QED) is 0.654. The van der Waals surface area contributed by atoms with Crippen LogP contribution in [0.1, 0.15) is 23.1 Å². The second-order valence-corrected chi connectivity index (χ2v) is 4.61. The molecule has 2 aromatic rings. The van der Waals surface area contributed by atoms with Gasteiger partial charge in [-0.15, -0.1) is 0 Å². The van der Waals surface area contributed by atoms with Gasteiger partial charge in [-0.2, -0.15) is 0 Å². The highest BCUT2D eigenvalue weighted by atomic mass is 19.3. The SMILES string of the molecule is Cc1c(NCc2cccc(C(F)F)c2)cccc1[N+](=O)[O-]. The lowest BCUT2D eigenvalue weighted by molar-refractivity contribution is -0.385. The minimum Gasteiger partial charge on any atom is -0.381 e. The Morgan fingerprint density at radius 3 is 2.62 bits per heavy atom. The van der Waals surface area contributed by atoms with E-state index >= 15 is 0 Å². The fourth-order valence-electron chi connectivity index (χ4n) is 2.05. The molecule has 0 fully saturated rings. The molecule has 2 rings (SSSR count). The fourth-order valence-corrected chi connectivity index (χ4v) is 2.05. The summed E-state index contributed by atoms with van der Waals surface area (Å²) in [6.45, 7) is 1.97. The van der Waals surface area contributed by atoms with E-state index in [0.717, 1.165) is 0 Å². The molecule has 6 heteroatoms. The smallest absolute Gasteiger partial charge is 0.274 e. The van der Waals surface area contributed by atoms with Crippen molar-refractivity contribution in [1.29, 1.82) is 0 Å². The summed E-state index contributed by atoms with van der Waals surface area (Å²) in [7, 11) is 0. The van der Waals surface area contributed by atoms with Crippen LogP contribution in [0.3, 0.4) is 0 Å². The van der Waals surface area contributed by atoms with Crippen LogP contribution in [0, 0.1) is 17.0 Å². The molecule has 0 radical (unpaired) electrons. The van der Waals surface area contributed by atoms with Crippen molar-refractivity contribution in [2.24, 2.45) is 0 Å². The van der Waals surface area contributed by atoms with Crippen molar-refractivity contribution in [3.8, 4) is 0 Å². The van der Waals surface area contributed by atoms with E-state index in [-0.39, 0.29) is 11.3 Å². The number of nitro groups is 1. The number of nitro benzene ring substituents is 1. The highest BCUT2D eigenvalue weighted by molar-refractivity contribution is 5.59. The van der Waals surface area contributed by atoms with Crippen LogP contribution in [-0.2, 0) is 6.54 Å². The van der Waals surface area contributed by atoms with Crippen molar-refractivity contribution in [3.05, 3.63) is 69.3 Å². The summed E-state index contributed by atoms with van der Waals surface area (Å²) >= 11 is 0. The Morgan fingerprint density at radius 2 is 1.95 bits per heavy atom. The van der Waals surface area contributed by atoms with E-state index in [1.807, 2.05) is 0 Å². The zero-order valence-corrected chi connectivity index (χ0v) is 11.3. The molecule has 0 saturated carbocycles. The predicted octanol–water partition coefficient (Wildman–Crippen LogP) is 4.45. The Labute approximate surface area is 120 Å². The van der Waals surface area contributed by atoms with Gasteiger partial charge in [0.2, 0.25) is 0 Å². The van der Waals surface area contributed by atoms with Crippen LogP contribution in [0.2, 0.25) is 0 Å². The number of hydrogen-bond acceptors (Lipinski definition) is 3. The second kappa shape index (κ2) is 6.30. The molecule has 0 aromatic heterocycles. The van der Waals surface area contributed by atoms with E-state index in [2.05, 4.69) is 5.32 Å². The summed E-state index contributed by atoms with van der Waals surface area (Å²) in [6.07, 6.45) is -2.51. The minimum absolute atomic E-state index is 0.0290. The molecule has 2 aromatic carbocycles. The largest absolute Gasteiger partial charge is 0.381 e. The number of nitrogens with one attached hydrogen (secondary N) is 1. The maximum absolute atomic E-state index is 12.6. The molecule has 0 unspecified atom stereocenters. The molecule has 4 nitrogen and oxygen atoms in total. The van der Waals surface area contributed by atoms with Gasteiger partial charge < -0.3 is 5.32 Å². The molecule has 0 heterocycles. The highest BCUT2D eigenvalue weighted by Crippen LogP contribution is 2.26. The number of alkyl halides is 2. The standard InChI is InChI=1S/C15H14F2N2O2/c1-10-13(6-3-7-14(10)19(20)21)18-9-11-4-2-5-12(8-11)15(16)17/h2-8,15,18H,9H2,1H3. The first kappa shape index (κ1) is 14.9. The molecule has 0 spiro atoms. The van der Waals surface area contributed by atoms with Crippen molar-refractivity contribution in [2.75, 3.05) is 5.32 Å². The van der Waals surface area contributed by atoms with Crippen molar-refractivity contribution >= 4 is 11.4 Å². The van der Waals surface area contributed by atoms with E-state index in [1.54, 1.807) is 31.2 Å². The minimum atomic E-state index is -2.51. The van der Waals surface area contributed by atoms with Gasteiger partial charge in [0, 0.05) is 29.4 Å². The average Bonchev–Trinajstić information content (AvgIpc) is 2.46. The van der Waals surface area contributed by atoms with Gasteiger partial charge in [-0.1, -0.05) is 24.3 Å². The molecule has 0 atom stereocenters. The molecule has 1 N–H and O–H groups in total. The number of hydrogen-bond donors (Lipinski definition) is 1. The van der Waals surface area contributed by atoms with E-state index in [4.69, 9.17) is 0 Å². The Bertz CT molecular complexity index is 660. The first-order valence-electron chi connectivity index (χ1n) is 6.34. The molecule has 0 amide bonds. The number of benzene rings is 2. The topological polar surface area (TPSA) is 55.2 Å². The first-order chi connectivity index (χ1) is 9.99. The van der Waals surface area contributed by atoms with Gasteiger partial charge in [0.05, 0.1) is 4.92 Å². The van der Waals surface area contributed by atoms with Crippen LogP contribution in [-0.4, -0.2) is 4.92 Å². The van der Waals surface area contributed by atoms with Gasteiger partial charge in [0.1, 0.15) is 0 Å². The molecule has 0 aliphatic rings. The molecule has 0 bridgehead atoms. The zero-order chi connectivity index (χ0) is 15.4. The second-order valence-electron chi connectivity index (χ2n) is 4.61. The Hall–Kier alpha value is -2.50. The molecule has 0 aliphatic carbocycles. The summed E-state index contributed by atoms with van der Waals surface area (Å²) in [6, 6.07) is 10.8. The first-order valence-corrected chi connectivity index (χ1v) is 6.34. The lowest BCUT2D eigenvalue weighted by Gasteiger charge is -2.10. The van der Waals surface area contributed by atoms with Gasteiger partial charge in [-0.3, -0.25) is 10.1 Å². The lowest BCUT2D eigenvalue weighted by atomic mass is 10.1. The fraction of sp³-hybridized carbons (Fsp3) is 0.200. The van der Waals surface area contributed by atoms with Gasteiger partial charge in [-0.05, 0) is 24.6 Å². The van der Waals surface area contributed by atoms with Crippen LogP contribution in [0.5, 0.6) is 0 Å². The van der Waals surface area contributed by atoms with Crippen LogP contribution < -0.4 is 5.32 Å². The number of nitrogens with zero attached hydrogens (tertiary/aromatic N) is 1. The third-order valence-corrected chi connectivity index (χ3v) is 3.19. The maximum Gasteiger partial charge on any atom is 0.274 e. The maximum atomic E-state index is 12.6. The summed E-state index contributed by atoms with van der Waals surface area (Å²) in [4.78, 5) is 10.4. The summed E-state index contributed by atoms with van der Waals surface area (Å²) < 4.78 is 25.2. The van der Waals surface area contributed by atoms with Gasteiger partial charge >= 0.3 is 0 Å². The Balaban J connectivity index is 2.15. The number of rotatable bonds is 5. The van der Waals surface area contributed by atoms with Gasteiger partial charge in [0.15, 0.2) is 0 Å². The summed E-state index contributed by atoms with van der Waals surface area (Å²) in [5, 5.41) is 13.9. The molecule has 21 heavy (non-hydrogen) atoms. The van der Waals surface area contributed by atoms with Crippen LogP contribution in [0.4, 0.5) is 20.2 Å². The summed E-state index contributed by atoms with van der Waals surface area (Å²) in [5.74, 6) is 0. The summed E-state index contributed by atoms with van der Waals surface area (Å²) in [5.41, 5.74) is 1.82. The van der Waals surface area contributed by atoms with E-state index in [1.165, 1.54) is 18.2 Å². The van der Waals surface area contributed by atoms with E-state index in [0.29, 0.717) is 23.4 Å². The number of halogens is 2. The molecular formula is C15H14F2N2O2. The monoisotopic (exact) mass is 292 g/mol. The average molecular weight is 292 g/mol.